The van der Waals surface area contributed by atoms with Gasteiger partial charge >= 0.3 is 0 Å². The summed E-state index contributed by atoms with van der Waals surface area (Å²) in [4.78, 5) is 14.5. The quantitative estimate of drug-likeness (QED) is 0.853. The molecule has 3 fully saturated rings. The van der Waals surface area contributed by atoms with Crippen LogP contribution in [0.3, 0.4) is 0 Å². The predicted octanol–water partition coefficient (Wildman–Crippen LogP) is 2.41. The number of halogens is 1. The van der Waals surface area contributed by atoms with E-state index in [2.05, 4.69) is 0 Å². The Balaban J connectivity index is 1.28. The number of hydrogen-bond donors (Lipinski definition) is 0. The van der Waals surface area contributed by atoms with Crippen LogP contribution in [0.15, 0.2) is 24.3 Å². The van der Waals surface area contributed by atoms with Gasteiger partial charge in [-0.3, -0.25) is 4.79 Å². The lowest BCUT2D eigenvalue weighted by molar-refractivity contribution is -0.150. The van der Waals surface area contributed by atoms with Crippen LogP contribution in [0.1, 0.15) is 24.8 Å². The molecule has 24 heavy (non-hydrogen) atoms. The lowest BCUT2D eigenvalue weighted by atomic mass is 9.76. The molecule has 0 N–H and O–H groups in total. The molecule has 0 radical (unpaired) electrons. The van der Waals surface area contributed by atoms with Gasteiger partial charge in [0.1, 0.15) is 5.82 Å². The highest BCUT2D eigenvalue weighted by Gasteiger charge is 2.51. The average molecular weight is 333 g/mol. The summed E-state index contributed by atoms with van der Waals surface area (Å²) in [6, 6.07) is 6.65. The maximum atomic E-state index is 13.0. The van der Waals surface area contributed by atoms with Crippen molar-refractivity contribution in [2.75, 3.05) is 32.9 Å². The first-order valence-corrected chi connectivity index (χ1v) is 8.86. The van der Waals surface area contributed by atoms with Crippen LogP contribution >= 0.6 is 0 Å². The van der Waals surface area contributed by atoms with E-state index in [0.717, 1.165) is 50.9 Å². The van der Waals surface area contributed by atoms with Crippen molar-refractivity contribution in [1.29, 1.82) is 0 Å². The monoisotopic (exact) mass is 333 g/mol. The van der Waals surface area contributed by atoms with Crippen molar-refractivity contribution in [2.45, 2.75) is 31.8 Å². The Morgan fingerprint density at radius 2 is 1.92 bits per heavy atom. The molecule has 1 amide bonds. The standard InChI is InChI=1S/C19H24FNO3/c20-16-3-1-14(2-4-16)9-17-10-19(13-24-17)11-21(12-19)18(22)15-5-7-23-8-6-15/h1-4,15,17H,5-13H2. The van der Waals surface area contributed by atoms with E-state index in [0.29, 0.717) is 19.1 Å². The van der Waals surface area contributed by atoms with Crippen LogP contribution in [0.5, 0.6) is 0 Å². The van der Waals surface area contributed by atoms with E-state index in [4.69, 9.17) is 9.47 Å². The molecular weight excluding hydrogens is 309 g/mol. The third-order valence-corrected chi connectivity index (χ3v) is 5.60. The lowest BCUT2D eigenvalue weighted by Crippen LogP contribution is -2.60. The van der Waals surface area contributed by atoms with Crippen LogP contribution in [0.4, 0.5) is 4.39 Å². The number of carbonyl (C=O) groups excluding carboxylic acids is 1. The van der Waals surface area contributed by atoms with E-state index < -0.39 is 0 Å². The first kappa shape index (κ1) is 16.0. The van der Waals surface area contributed by atoms with Crippen molar-refractivity contribution in [2.24, 2.45) is 11.3 Å². The van der Waals surface area contributed by atoms with E-state index in [1.54, 1.807) is 0 Å². The normalized spacial score (nSPS) is 26.5. The largest absolute Gasteiger partial charge is 0.381 e. The summed E-state index contributed by atoms with van der Waals surface area (Å²) in [5.74, 6) is 0.239. The number of hydrogen-bond acceptors (Lipinski definition) is 3. The van der Waals surface area contributed by atoms with Gasteiger partial charge in [-0.15, -0.1) is 0 Å². The van der Waals surface area contributed by atoms with Gasteiger partial charge in [0.2, 0.25) is 5.91 Å². The molecular formula is C19H24FNO3. The van der Waals surface area contributed by atoms with Crippen LogP contribution in [0, 0.1) is 17.2 Å². The van der Waals surface area contributed by atoms with Gasteiger partial charge in [0, 0.05) is 37.6 Å². The Bertz CT molecular complexity index is 591. The van der Waals surface area contributed by atoms with Crippen molar-refractivity contribution >= 4 is 5.91 Å². The Hall–Kier alpha value is -1.46. The van der Waals surface area contributed by atoms with Crippen molar-refractivity contribution in [1.82, 2.24) is 4.90 Å². The van der Waals surface area contributed by atoms with Crippen LogP contribution < -0.4 is 0 Å². The molecule has 1 aromatic carbocycles. The smallest absolute Gasteiger partial charge is 0.225 e. The van der Waals surface area contributed by atoms with Gasteiger partial charge in [0.25, 0.3) is 0 Å². The predicted molar refractivity (Wildman–Crippen MR) is 87.0 cm³/mol. The average Bonchev–Trinajstić information content (AvgIpc) is 3.00. The minimum atomic E-state index is -0.205. The summed E-state index contributed by atoms with van der Waals surface area (Å²) < 4.78 is 24.3. The Morgan fingerprint density at radius 3 is 2.62 bits per heavy atom. The van der Waals surface area contributed by atoms with Crippen molar-refractivity contribution < 1.29 is 18.7 Å². The number of benzene rings is 1. The molecule has 0 aliphatic carbocycles. The van der Waals surface area contributed by atoms with Gasteiger partial charge in [-0.1, -0.05) is 12.1 Å². The molecule has 1 aromatic rings. The molecule has 4 rings (SSSR count). The van der Waals surface area contributed by atoms with E-state index in [-0.39, 0.29) is 23.3 Å². The van der Waals surface area contributed by atoms with Gasteiger partial charge in [-0.2, -0.15) is 0 Å². The molecule has 1 unspecified atom stereocenters. The van der Waals surface area contributed by atoms with Crippen molar-refractivity contribution in [3.05, 3.63) is 35.6 Å². The summed E-state index contributed by atoms with van der Waals surface area (Å²) in [5.41, 5.74) is 1.25. The number of likely N-dealkylation sites (tertiary alicyclic amines) is 1. The Kier molecular flexibility index (Phi) is 4.31. The summed E-state index contributed by atoms with van der Waals surface area (Å²) in [5, 5.41) is 0. The summed E-state index contributed by atoms with van der Waals surface area (Å²) >= 11 is 0. The highest BCUT2D eigenvalue weighted by atomic mass is 19.1. The molecule has 0 aromatic heterocycles. The van der Waals surface area contributed by atoms with E-state index in [1.807, 2.05) is 17.0 Å². The first-order chi connectivity index (χ1) is 11.6. The van der Waals surface area contributed by atoms with Gasteiger partial charge in [-0.05, 0) is 43.4 Å². The van der Waals surface area contributed by atoms with E-state index >= 15 is 0 Å². The topological polar surface area (TPSA) is 38.8 Å². The third kappa shape index (κ3) is 3.20. The van der Waals surface area contributed by atoms with Gasteiger partial charge in [0.05, 0.1) is 12.7 Å². The molecule has 0 saturated carbocycles. The number of amides is 1. The maximum absolute atomic E-state index is 13.0. The fourth-order valence-electron chi connectivity index (χ4n) is 4.25. The molecule has 3 aliphatic rings. The van der Waals surface area contributed by atoms with Crippen LogP contribution in [0.2, 0.25) is 0 Å². The van der Waals surface area contributed by atoms with Crippen LogP contribution in [-0.2, 0) is 20.7 Å². The molecule has 130 valence electrons. The SMILES string of the molecule is O=C(C1CCOCC1)N1CC2(COC(Cc3ccc(F)cc3)C2)C1. The maximum Gasteiger partial charge on any atom is 0.225 e. The first-order valence-electron chi connectivity index (χ1n) is 8.86. The minimum absolute atomic E-state index is 0.144. The highest BCUT2D eigenvalue weighted by molar-refractivity contribution is 5.80. The Labute approximate surface area is 141 Å². The zero-order valence-corrected chi connectivity index (χ0v) is 13.9. The minimum Gasteiger partial charge on any atom is -0.381 e. The van der Waals surface area contributed by atoms with Gasteiger partial charge < -0.3 is 14.4 Å². The summed E-state index contributed by atoms with van der Waals surface area (Å²) in [6.07, 6.45) is 3.69. The second kappa shape index (κ2) is 6.45. The summed E-state index contributed by atoms with van der Waals surface area (Å²) in [7, 11) is 0. The zero-order chi connectivity index (χ0) is 16.6. The lowest BCUT2D eigenvalue weighted by Gasteiger charge is -2.48. The van der Waals surface area contributed by atoms with Gasteiger partial charge in [-0.25, -0.2) is 4.39 Å². The fraction of sp³-hybridized carbons (Fsp3) is 0.632. The second-order valence-electron chi connectivity index (χ2n) is 7.55. The number of ether oxygens (including phenoxy) is 2. The Morgan fingerprint density at radius 1 is 1.21 bits per heavy atom. The summed E-state index contributed by atoms with van der Waals surface area (Å²) in [6.45, 7) is 3.79. The third-order valence-electron chi connectivity index (χ3n) is 5.60. The second-order valence-corrected chi connectivity index (χ2v) is 7.55. The van der Waals surface area contributed by atoms with Gasteiger partial charge in [0.15, 0.2) is 0 Å². The number of carbonyl (C=O) groups is 1. The number of rotatable bonds is 3. The van der Waals surface area contributed by atoms with Crippen molar-refractivity contribution in [3.8, 4) is 0 Å². The molecule has 3 aliphatic heterocycles. The molecule has 0 bridgehead atoms. The molecule has 1 spiro atoms. The highest BCUT2D eigenvalue weighted by Crippen LogP contribution is 2.42. The van der Waals surface area contributed by atoms with Crippen LogP contribution in [-0.4, -0.2) is 49.8 Å². The van der Waals surface area contributed by atoms with E-state index in [9.17, 15) is 9.18 Å². The fourth-order valence-corrected chi connectivity index (χ4v) is 4.25. The molecule has 5 heteroatoms. The zero-order valence-electron chi connectivity index (χ0n) is 13.9. The molecule has 1 atom stereocenters. The van der Waals surface area contributed by atoms with Crippen LogP contribution in [0.25, 0.3) is 0 Å². The van der Waals surface area contributed by atoms with E-state index in [1.165, 1.54) is 12.1 Å². The molecule has 4 nitrogen and oxygen atoms in total. The molecule has 3 heterocycles. The van der Waals surface area contributed by atoms with Crippen molar-refractivity contribution in [3.63, 3.8) is 0 Å². The molecule has 3 saturated heterocycles. The number of nitrogens with zero attached hydrogens (tertiary/aromatic N) is 1.